The molecular weight excluding hydrogens is 365 g/mol. The molecule has 0 saturated heterocycles. The predicted molar refractivity (Wildman–Crippen MR) is 96.8 cm³/mol. The molecule has 0 aromatic heterocycles. The van der Waals surface area contributed by atoms with Crippen LogP contribution in [0.4, 0.5) is 0 Å². The van der Waals surface area contributed by atoms with Crippen LogP contribution in [0.5, 0.6) is 0 Å². The van der Waals surface area contributed by atoms with Gasteiger partial charge in [0.25, 0.3) is 0 Å². The molecule has 1 saturated carbocycles. The van der Waals surface area contributed by atoms with Gasteiger partial charge in [0, 0.05) is 18.5 Å². The summed E-state index contributed by atoms with van der Waals surface area (Å²) in [5.41, 5.74) is 0.0972. The third kappa shape index (κ3) is 8.29. The van der Waals surface area contributed by atoms with Crippen LogP contribution < -0.4 is 10.6 Å². The number of aliphatic imine (C=N–C) groups is 1. The van der Waals surface area contributed by atoms with Gasteiger partial charge in [0.15, 0.2) is 5.96 Å². The second kappa shape index (κ2) is 10.7. The second-order valence-corrected chi connectivity index (χ2v) is 6.17. The van der Waals surface area contributed by atoms with E-state index in [1.807, 2.05) is 0 Å². The van der Waals surface area contributed by atoms with E-state index in [-0.39, 0.29) is 36.0 Å². The monoisotopic (exact) mass is 397 g/mol. The molecule has 0 atom stereocenters. The van der Waals surface area contributed by atoms with Crippen LogP contribution in [0.25, 0.3) is 0 Å². The number of nitrogens with one attached hydrogen (secondary N) is 2. The van der Waals surface area contributed by atoms with Gasteiger partial charge in [-0.2, -0.15) is 0 Å². The van der Waals surface area contributed by atoms with Crippen molar-refractivity contribution in [3.8, 4) is 0 Å². The Morgan fingerprint density at radius 2 is 1.95 bits per heavy atom. The normalized spacial score (nSPS) is 16.8. The lowest BCUT2D eigenvalue weighted by Crippen LogP contribution is -2.38. The molecule has 3 N–H and O–H groups in total. The molecule has 0 heterocycles. The van der Waals surface area contributed by atoms with E-state index in [0.29, 0.717) is 0 Å². The summed E-state index contributed by atoms with van der Waals surface area (Å²) in [6.45, 7) is 9.48. The first-order valence-electron chi connectivity index (χ1n) is 7.75. The van der Waals surface area contributed by atoms with Crippen LogP contribution in [0.3, 0.4) is 0 Å². The smallest absolute Gasteiger partial charge is 0.191 e. The lowest BCUT2D eigenvalue weighted by molar-refractivity contribution is 0.217. The average Bonchev–Trinajstić information content (AvgIpc) is 3.15. The van der Waals surface area contributed by atoms with E-state index in [0.717, 1.165) is 44.4 Å². The fourth-order valence-electron chi connectivity index (χ4n) is 2.02. The van der Waals surface area contributed by atoms with Gasteiger partial charge in [0.05, 0.1) is 13.2 Å². The van der Waals surface area contributed by atoms with Crippen molar-refractivity contribution < 1.29 is 5.11 Å². The number of nitrogens with zero attached hydrogens (tertiary/aromatic N) is 1. The van der Waals surface area contributed by atoms with E-state index in [9.17, 15) is 5.11 Å². The Kier molecular flexibility index (Phi) is 10.6. The Hall–Kier alpha value is -0.0400. The van der Waals surface area contributed by atoms with Crippen molar-refractivity contribution in [1.82, 2.24) is 10.6 Å². The SMILES string of the molecule is CCNC(=NCC1(CO)CC1)NCCCCC(C)C.I. The van der Waals surface area contributed by atoms with E-state index in [2.05, 4.69) is 36.4 Å². The summed E-state index contributed by atoms with van der Waals surface area (Å²) in [5, 5.41) is 15.9. The van der Waals surface area contributed by atoms with Crippen molar-refractivity contribution in [1.29, 1.82) is 0 Å². The molecule has 0 radical (unpaired) electrons. The van der Waals surface area contributed by atoms with Crippen LogP contribution in [0.1, 0.15) is 52.9 Å². The van der Waals surface area contributed by atoms with Crippen LogP contribution in [0.15, 0.2) is 4.99 Å². The first-order valence-corrected chi connectivity index (χ1v) is 7.75. The zero-order chi connectivity index (χ0) is 14.1. The number of hydrogen-bond donors (Lipinski definition) is 3. The summed E-state index contributed by atoms with van der Waals surface area (Å²) in [6, 6.07) is 0. The molecule has 0 amide bonds. The van der Waals surface area contributed by atoms with E-state index < -0.39 is 0 Å². The highest BCUT2D eigenvalue weighted by Crippen LogP contribution is 2.45. The maximum absolute atomic E-state index is 9.29. The van der Waals surface area contributed by atoms with Gasteiger partial charge in [0.2, 0.25) is 0 Å². The fourth-order valence-corrected chi connectivity index (χ4v) is 2.02. The van der Waals surface area contributed by atoms with Gasteiger partial charge in [0.1, 0.15) is 0 Å². The second-order valence-electron chi connectivity index (χ2n) is 6.17. The molecule has 0 aromatic carbocycles. The van der Waals surface area contributed by atoms with Crippen LogP contribution in [0.2, 0.25) is 0 Å². The fraction of sp³-hybridized carbons (Fsp3) is 0.933. The molecule has 0 aliphatic heterocycles. The summed E-state index contributed by atoms with van der Waals surface area (Å²) in [6.07, 6.45) is 5.98. The quantitative estimate of drug-likeness (QED) is 0.243. The molecule has 1 rings (SSSR count). The van der Waals surface area contributed by atoms with Crippen molar-refractivity contribution in [2.24, 2.45) is 16.3 Å². The maximum Gasteiger partial charge on any atom is 0.191 e. The Morgan fingerprint density at radius 1 is 1.25 bits per heavy atom. The lowest BCUT2D eigenvalue weighted by Gasteiger charge is -2.14. The van der Waals surface area contributed by atoms with Gasteiger partial charge in [-0.15, -0.1) is 24.0 Å². The molecule has 5 heteroatoms. The summed E-state index contributed by atoms with van der Waals surface area (Å²) in [7, 11) is 0. The number of rotatable bonds is 9. The number of unbranched alkanes of at least 4 members (excludes halogenated alkanes) is 1. The van der Waals surface area contributed by atoms with Crippen molar-refractivity contribution in [3.63, 3.8) is 0 Å². The summed E-state index contributed by atoms with van der Waals surface area (Å²) < 4.78 is 0. The maximum atomic E-state index is 9.29. The zero-order valence-electron chi connectivity index (χ0n) is 13.2. The van der Waals surface area contributed by atoms with Crippen LogP contribution >= 0.6 is 24.0 Å². The van der Waals surface area contributed by atoms with Crippen molar-refractivity contribution in [3.05, 3.63) is 0 Å². The molecule has 1 aliphatic carbocycles. The summed E-state index contributed by atoms with van der Waals surface area (Å²) in [4.78, 5) is 4.59. The lowest BCUT2D eigenvalue weighted by atomic mass is 10.1. The third-order valence-corrected chi connectivity index (χ3v) is 3.71. The van der Waals surface area contributed by atoms with Crippen molar-refractivity contribution in [2.45, 2.75) is 52.9 Å². The zero-order valence-corrected chi connectivity index (χ0v) is 15.6. The first kappa shape index (κ1) is 20.0. The minimum atomic E-state index is 0. The van der Waals surface area contributed by atoms with E-state index in [4.69, 9.17) is 0 Å². The summed E-state index contributed by atoms with van der Waals surface area (Å²) in [5.74, 6) is 1.69. The van der Waals surface area contributed by atoms with Gasteiger partial charge in [-0.25, -0.2) is 0 Å². The Labute approximate surface area is 141 Å². The topological polar surface area (TPSA) is 56.7 Å². The highest BCUT2D eigenvalue weighted by molar-refractivity contribution is 14.0. The Bertz CT molecular complexity index is 278. The molecule has 20 heavy (non-hydrogen) atoms. The third-order valence-electron chi connectivity index (χ3n) is 3.71. The van der Waals surface area contributed by atoms with Gasteiger partial charge in [-0.05, 0) is 32.1 Å². The molecule has 4 nitrogen and oxygen atoms in total. The number of guanidine groups is 1. The molecule has 1 aliphatic rings. The van der Waals surface area contributed by atoms with Crippen molar-refractivity contribution in [2.75, 3.05) is 26.2 Å². The molecule has 120 valence electrons. The van der Waals surface area contributed by atoms with E-state index >= 15 is 0 Å². The number of halogens is 1. The van der Waals surface area contributed by atoms with E-state index in [1.54, 1.807) is 0 Å². The standard InChI is InChI=1S/C15H31N3O.HI/c1-4-16-14(17-10-6-5-7-13(2)3)18-11-15(12-19)8-9-15;/h13,19H,4-12H2,1-3H3,(H2,16,17,18);1H. The first-order chi connectivity index (χ1) is 9.12. The molecule has 0 spiro atoms. The minimum absolute atomic E-state index is 0. The largest absolute Gasteiger partial charge is 0.396 e. The van der Waals surface area contributed by atoms with Crippen molar-refractivity contribution >= 4 is 29.9 Å². The van der Waals surface area contributed by atoms with Crippen LogP contribution in [-0.2, 0) is 0 Å². The van der Waals surface area contributed by atoms with Crippen LogP contribution in [0, 0.1) is 11.3 Å². The molecule has 0 bridgehead atoms. The molecule has 0 aromatic rings. The number of aliphatic hydroxyl groups excluding tert-OH is 1. The van der Waals surface area contributed by atoms with Gasteiger partial charge in [-0.1, -0.05) is 26.7 Å². The average molecular weight is 397 g/mol. The van der Waals surface area contributed by atoms with Gasteiger partial charge in [-0.3, -0.25) is 4.99 Å². The molecular formula is C15H32IN3O. The predicted octanol–water partition coefficient (Wildman–Crippen LogP) is 2.76. The van der Waals surface area contributed by atoms with Gasteiger partial charge >= 0.3 is 0 Å². The highest BCUT2D eigenvalue weighted by Gasteiger charge is 2.41. The highest BCUT2D eigenvalue weighted by atomic mass is 127. The number of hydrogen-bond acceptors (Lipinski definition) is 2. The minimum Gasteiger partial charge on any atom is -0.396 e. The Morgan fingerprint density at radius 3 is 2.45 bits per heavy atom. The molecule has 0 unspecified atom stereocenters. The molecule has 1 fully saturated rings. The Balaban J connectivity index is 0.00000361. The van der Waals surface area contributed by atoms with Crippen LogP contribution in [-0.4, -0.2) is 37.3 Å². The number of aliphatic hydroxyl groups is 1. The van der Waals surface area contributed by atoms with E-state index in [1.165, 1.54) is 19.3 Å². The summed E-state index contributed by atoms with van der Waals surface area (Å²) >= 11 is 0. The van der Waals surface area contributed by atoms with Gasteiger partial charge < -0.3 is 15.7 Å².